The number of carbonyl (C=O) groups excluding carboxylic acids is 1. The van der Waals surface area contributed by atoms with E-state index in [2.05, 4.69) is 4.72 Å². The number of rotatable bonds is 5. The van der Waals surface area contributed by atoms with Crippen LogP contribution in [0.1, 0.15) is 25.7 Å². The van der Waals surface area contributed by atoms with Crippen LogP contribution in [0.5, 0.6) is 0 Å². The first-order chi connectivity index (χ1) is 14.3. The topological polar surface area (TPSA) is 104 Å². The molecular formula is C20H23N3O5S2. The zero-order valence-electron chi connectivity index (χ0n) is 16.3. The summed E-state index contributed by atoms with van der Waals surface area (Å²) in [7, 11) is -7.22. The van der Waals surface area contributed by atoms with Crippen LogP contribution < -0.4 is 13.9 Å². The van der Waals surface area contributed by atoms with Crippen molar-refractivity contribution in [1.82, 2.24) is 0 Å². The first-order valence-electron chi connectivity index (χ1n) is 9.80. The molecule has 1 amide bonds. The van der Waals surface area contributed by atoms with Crippen molar-refractivity contribution in [2.24, 2.45) is 0 Å². The van der Waals surface area contributed by atoms with E-state index in [4.69, 9.17) is 0 Å². The van der Waals surface area contributed by atoms with E-state index in [1.54, 1.807) is 29.2 Å². The molecule has 0 saturated carbocycles. The van der Waals surface area contributed by atoms with Gasteiger partial charge in [-0.1, -0.05) is 6.07 Å². The molecule has 0 bridgehead atoms. The van der Waals surface area contributed by atoms with Crippen LogP contribution in [-0.2, 0) is 24.8 Å². The number of nitrogens with zero attached hydrogens (tertiary/aromatic N) is 2. The lowest BCUT2D eigenvalue weighted by Crippen LogP contribution is -2.37. The molecule has 2 aliphatic heterocycles. The Balaban J connectivity index is 1.54. The second kappa shape index (κ2) is 7.92. The smallest absolute Gasteiger partial charge is 0.261 e. The highest BCUT2D eigenvalue weighted by atomic mass is 32.2. The second-order valence-electron chi connectivity index (χ2n) is 7.39. The third-order valence-electron chi connectivity index (χ3n) is 5.27. The van der Waals surface area contributed by atoms with Gasteiger partial charge in [0.25, 0.3) is 10.0 Å². The summed E-state index contributed by atoms with van der Waals surface area (Å²) in [5.41, 5.74) is 1.47. The highest BCUT2D eigenvalue weighted by Gasteiger charge is 2.26. The monoisotopic (exact) mass is 449 g/mol. The Kier molecular flexibility index (Phi) is 5.46. The number of anilines is 3. The van der Waals surface area contributed by atoms with E-state index in [-0.39, 0.29) is 16.6 Å². The lowest BCUT2D eigenvalue weighted by molar-refractivity contribution is -0.117. The molecule has 0 atom stereocenters. The number of nitrogens with one attached hydrogen (secondary N) is 1. The van der Waals surface area contributed by atoms with Crippen LogP contribution in [0.25, 0.3) is 0 Å². The molecule has 0 aliphatic carbocycles. The molecule has 0 unspecified atom stereocenters. The second-order valence-corrected chi connectivity index (χ2v) is 11.1. The summed E-state index contributed by atoms with van der Waals surface area (Å²) in [6, 6.07) is 12.5. The van der Waals surface area contributed by atoms with Gasteiger partial charge < -0.3 is 4.90 Å². The Labute approximate surface area is 176 Å². The maximum Gasteiger partial charge on any atom is 0.261 e. The number of hydrogen-bond donors (Lipinski definition) is 1. The quantitative estimate of drug-likeness (QED) is 0.756. The van der Waals surface area contributed by atoms with Crippen molar-refractivity contribution in [3.63, 3.8) is 0 Å². The van der Waals surface area contributed by atoms with Gasteiger partial charge in [0.2, 0.25) is 15.9 Å². The Morgan fingerprint density at radius 1 is 0.900 bits per heavy atom. The summed E-state index contributed by atoms with van der Waals surface area (Å²) < 4.78 is 53.9. The Morgan fingerprint density at radius 3 is 2.33 bits per heavy atom. The normalized spacial score (nSPS) is 19.1. The lowest BCUT2D eigenvalue weighted by atomic mass is 10.2. The first kappa shape index (κ1) is 20.7. The van der Waals surface area contributed by atoms with Gasteiger partial charge in [-0.3, -0.25) is 13.8 Å². The lowest BCUT2D eigenvalue weighted by Gasteiger charge is -2.28. The van der Waals surface area contributed by atoms with E-state index in [1.807, 2.05) is 0 Å². The van der Waals surface area contributed by atoms with Crippen molar-refractivity contribution < 1.29 is 21.6 Å². The van der Waals surface area contributed by atoms with Gasteiger partial charge >= 0.3 is 0 Å². The van der Waals surface area contributed by atoms with Crippen LogP contribution in [0.2, 0.25) is 0 Å². The zero-order chi connectivity index (χ0) is 21.4. The van der Waals surface area contributed by atoms with Gasteiger partial charge in [0.1, 0.15) is 0 Å². The first-order valence-corrected chi connectivity index (χ1v) is 12.9. The van der Waals surface area contributed by atoms with Gasteiger partial charge in [-0.15, -0.1) is 0 Å². The van der Waals surface area contributed by atoms with Gasteiger partial charge in [-0.05, 0) is 61.7 Å². The average molecular weight is 450 g/mol. The zero-order valence-corrected chi connectivity index (χ0v) is 18.0. The third kappa shape index (κ3) is 4.15. The third-order valence-corrected chi connectivity index (χ3v) is 8.53. The fourth-order valence-electron chi connectivity index (χ4n) is 3.74. The minimum atomic E-state index is -3.86. The largest absolute Gasteiger partial charge is 0.312 e. The Hall–Kier alpha value is -2.59. The summed E-state index contributed by atoms with van der Waals surface area (Å²) in [5.74, 6) is 0.128. The van der Waals surface area contributed by atoms with Gasteiger partial charge in [0, 0.05) is 25.2 Å². The molecule has 2 saturated heterocycles. The van der Waals surface area contributed by atoms with Crippen LogP contribution in [0.4, 0.5) is 17.1 Å². The summed E-state index contributed by atoms with van der Waals surface area (Å²) in [6.45, 7) is 1.02. The van der Waals surface area contributed by atoms with E-state index < -0.39 is 20.0 Å². The molecule has 2 heterocycles. The standard InChI is InChI=1S/C20H23N3O5S2/c24-20-7-4-12-22(20)18-6-3-5-16(15-18)21-30(27,28)19-10-8-17(9-11-19)23-13-1-2-14-29(23,25)26/h3,5-6,8-11,15,21H,1-2,4,7,12-14H2. The maximum absolute atomic E-state index is 12.8. The fourth-order valence-corrected chi connectivity index (χ4v) is 6.43. The van der Waals surface area contributed by atoms with Crippen molar-refractivity contribution >= 4 is 43.0 Å². The highest BCUT2D eigenvalue weighted by Crippen LogP contribution is 2.27. The van der Waals surface area contributed by atoms with E-state index in [1.165, 1.54) is 28.6 Å². The number of hydrogen-bond acceptors (Lipinski definition) is 5. The molecule has 2 aromatic rings. The molecule has 0 spiro atoms. The molecule has 0 radical (unpaired) electrons. The number of carbonyl (C=O) groups is 1. The average Bonchev–Trinajstić information content (AvgIpc) is 3.14. The van der Waals surface area contributed by atoms with Crippen molar-refractivity contribution in [2.75, 3.05) is 32.8 Å². The molecular weight excluding hydrogens is 426 g/mol. The molecule has 8 nitrogen and oxygen atoms in total. The number of amides is 1. The molecule has 160 valence electrons. The Morgan fingerprint density at radius 2 is 1.67 bits per heavy atom. The number of benzene rings is 2. The van der Waals surface area contributed by atoms with Gasteiger partial charge in [-0.2, -0.15) is 0 Å². The van der Waals surface area contributed by atoms with E-state index in [9.17, 15) is 21.6 Å². The molecule has 4 rings (SSSR count). The van der Waals surface area contributed by atoms with Crippen molar-refractivity contribution in [3.05, 3.63) is 48.5 Å². The SMILES string of the molecule is O=C1CCCN1c1cccc(NS(=O)(=O)c2ccc(N3CCCCS3(=O)=O)cc2)c1. The van der Waals surface area contributed by atoms with Crippen molar-refractivity contribution in [2.45, 2.75) is 30.6 Å². The van der Waals surface area contributed by atoms with Crippen LogP contribution in [-0.4, -0.2) is 41.6 Å². The predicted molar refractivity (Wildman–Crippen MR) is 116 cm³/mol. The molecule has 2 aliphatic rings. The van der Waals surface area contributed by atoms with E-state index in [0.29, 0.717) is 43.0 Å². The molecule has 2 aromatic carbocycles. The summed E-state index contributed by atoms with van der Waals surface area (Å²) in [6.07, 6.45) is 2.69. The molecule has 0 aromatic heterocycles. The van der Waals surface area contributed by atoms with Crippen LogP contribution in [0, 0.1) is 0 Å². The van der Waals surface area contributed by atoms with Gasteiger partial charge in [-0.25, -0.2) is 16.8 Å². The maximum atomic E-state index is 12.8. The molecule has 10 heteroatoms. The van der Waals surface area contributed by atoms with Gasteiger partial charge in [0.15, 0.2) is 0 Å². The van der Waals surface area contributed by atoms with Crippen LogP contribution in [0.3, 0.4) is 0 Å². The van der Waals surface area contributed by atoms with Crippen molar-refractivity contribution in [1.29, 1.82) is 0 Å². The fraction of sp³-hybridized carbons (Fsp3) is 0.350. The van der Waals surface area contributed by atoms with E-state index in [0.717, 1.165) is 12.8 Å². The molecule has 2 fully saturated rings. The molecule has 1 N–H and O–H groups in total. The van der Waals surface area contributed by atoms with Crippen LogP contribution in [0.15, 0.2) is 53.4 Å². The Bertz CT molecular complexity index is 1160. The van der Waals surface area contributed by atoms with Crippen molar-refractivity contribution in [3.8, 4) is 0 Å². The summed E-state index contributed by atoms with van der Waals surface area (Å²) >= 11 is 0. The van der Waals surface area contributed by atoms with E-state index >= 15 is 0 Å². The van der Waals surface area contributed by atoms with Crippen LogP contribution >= 0.6 is 0 Å². The highest BCUT2D eigenvalue weighted by molar-refractivity contribution is 7.93. The summed E-state index contributed by atoms with van der Waals surface area (Å²) in [4.78, 5) is 13.6. The minimum absolute atomic E-state index is 0.0262. The number of sulfonamides is 2. The minimum Gasteiger partial charge on any atom is -0.312 e. The van der Waals surface area contributed by atoms with Gasteiger partial charge in [0.05, 0.1) is 22.0 Å². The predicted octanol–water partition coefficient (Wildman–Crippen LogP) is 2.54. The molecule has 30 heavy (non-hydrogen) atoms. The summed E-state index contributed by atoms with van der Waals surface area (Å²) in [5, 5.41) is 0.